The van der Waals surface area contributed by atoms with Gasteiger partial charge in [0, 0.05) is 18.7 Å². The van der Waals surface area contributed by atoms with Gasteiger partial charge in [-0.05, 0) is 45.1 Å². The summed E-state index contributed by atoms with van der Waals surface area (Å²) in [5.74, 6) is 0.752. The number of rotatable bonds is 3. The van der Waals surface area contributed by atoms with Crippen LogP contribution in [0.15, 0.2) is 30.7 Å². The molecule has 3 aromatic heterocycles. The van der Waals surface area contributed by atoms with Crippen molar-refractivity contribution in [1.29, 1.82) is 0 Å². The van der Waals surface area contributed by atoms with E-state index >= 15 is 0 Å². The van der Waals surface area contributed by atoms with E-state index in [0.29, 0.717) is 19.3 Å². The van der Waals surface area contributed by atoms with Crippen molar-refractivity contribution in [2.24, 2.45) is 0 Å². The number of aromatic amines is 1. The summed E-state index contributed by atoms with van der Waals surface area (Å²) in [6.07, 6.45) is 5.82. The van der Waals surface area contributed by atoms with Crippen LogP contribution in [0.3, 0.4) is 0 Å². The summed E-state index contributed by atoms with van der Waals surface area (Å²) < 4.78 is 7.68. The first-order chi connectivity index (χ1) is 15.3. The quantitative estimate of drug-likeness (QED) is 0.547. The van der Waals surface area contributed by atoms with Gasteiger partial charge < -0.3 is 19.5 Å². The van der Waals surface area contributed by atoms with E-state index in [2.05, 4.69) is 49.7 Å². The van der Waals surface area contributed by atoms with Gasteiger partial charge in [-0.1, -0.05) is 6.07 Å². The number of ether oxygens (including phenoxy) is 1. The maximum atomic E-state index is 5.55. The molecule has 0 bridgehead atoms. The highest BCUT2D eigenvalue weighted by molar-refractivity contribution is 5.93. The van der Waals surface area contributed by atoms with Crippen molar-refractivity contribution in [2.45, 2.75) is 18.9 Å². The van der Waals surface area contributed by atoms with E-state index < -0.39 is 0 Å². The number of fused-ring (bicyclic) bond motifs is 2. The average Bonchev–Trinajstić information content (AvgIpc) is 3.46. The number of imidazole rings is 1. The minimum atomic E-state index is 0.364. The van der Waals surface area contributed by atoms with Crippen molar-refractivity contribution in [3.05, 3.63) is 30.7 Å². The minimum absolute atomic E-state index is 0.364. The normalized spacial score (nSPS) is 18.9. The lowest BCUT2D eigenvalue weighted by Crippen LogP contribution is -2.37. The molecule has 2 fully saturated rings. The van der Waals surface area contributed by atoms with Crippen LogP contribution in [0.1, 0.15) is 18.9 Å². The fraction of sp³-hybridized carbons (Fsp3) is 0.455. The summed E-state index contributed by atoms with van der Waals surface area (Å²) in [6.45, 7) is 5.15. The van der Waals surface area contributed by atoms with Crippen LogP contribution in [0, 0.1) is 0 Å². The molecule has 9 heteroatoms. The van der Waals surface area contributed by atoms with Crippen LogP contribution in [-0.2, 0) is 4.74 Å². The van der Waals surface area contributed by atoms with E-state index in [1.165, 1.54) is 0 Å². The highest BCUT2D eigenvalue weighted by atomic mass is 16.5. The number of H-pyrrole nitrogens is 1. The van der Waals surface area contributed by atoms with Gasteiger partial charge in [-0.15, -0.1) is 0 Å². The summed E-state index contributed by atoms with van der Waals surface area (Å²) in [5.41, 5.74) is 4.81. The molecule has 0 amide bonds. The fourth-order valence-corrected chi connectivity index (χ4v) is 4.62. The number of likely N-dealkylation sites (tertiary alicyclic amines) is 1. The molecule has 4 aromatic rings. The van der Waals surface area contributed by atoms with Crippen LogP contribution in [0.4, 0.5) is 5.95 Å². The van der Waals surface area contributed by atoms with E-state index in [4.69, 9.17) is 19.8 Å². The molecule has 5 heterocycles. The molecule has 0 unspecified atom stereocenters. The Bertz CT molecular complexity index is 1220. The summed E-state index contributed by atoms with van der Waals surface area (Å²) in [6, 6.07) is 6.60. The first-order valence-corrected chi connectivity index (χ1v) is 11.0. The van der Waals surface area contributed by atoms with Gasteiger partial charge in [-0.3, -0.25) is 0 Å². The second-order valence-electron chi connectivity index (χ2n) is 8.47. The van der Waals surface area contributed by atoms with Crippen LogP contribution in [-0.4, -0.2) is 81.1 Å². The predicted octanol–water partition coefficient (Wildman–Crippen LogP) is 2.47. The zero-order valence-corrected chi connectivity index (χ0v) is 17.7. The molecule has 9 nitrogen and oxygen atoms in total. The Balaban J connectivity index is 1.50. The lowest BCUT2D eigenvalue weighted by atomic mass is 10.1. The molecule has 0 atom stereocenters. The minimum Gasteiger partial charge on any atom is -0.378 e. The van der Waals surface area contributed by atoms with Gasteiger partial charge in [0.2, 0.25) is 5.95 Å². The van der Waals surface area contributed by atoms with Crippen molar-refractivity contribution in [1.82, 2.24) is 34.6 Å². The topological polar surface area (TPSA) is 88.0 Å². The molecule has 1 N–H and O–H groups in total. The number of aromatic nitrogens is 6. The van der Waals surface area contributed by atoms with Gasteiger partial charge in [0.05, 0.1) is 53.9 Å². The molecule has 160 valence electrons. The third kappa shape index (κ3) is 3.34. The van der Waals surface area contributed by atoms with Crippen LogP contribution >= 0.6 is 0 Å². The Hall–Kier alpha value is -3.04. The van der Waals surface area contributed by atoms with Crippen LogP contribution in [0.25, 0.3) is 33.3 Å². The zero-order valence-electron chi connectivity index (χ0n) is 17.7. The molecule has 2 aliphatic heterocycles. The molecular formula is C22H26N8O. The SMILES string of the molecule is CN1CCC(n2ncc3c(-c4ccc5[nH]cnc5c4)nc(N4CCOCC4)nc32)CC1. The number of hydrogen-bond acceptors (Lipinski definition) is 7. The molecule has 0 radical (unpaired) electrons. The number of hydrogen-bond donors (Lipinski definition) is 1. The Morgan fingerprint density at radius 2 is 1.90 bits per heavy atom. The fourth-order valence-electron chi connectivity index (χ4n) is 4.62. The van der Waals surface area contributed by atoms with Gasteiger partial charge in [0.25, 0.3) is 0 Å². The zero-order chi connectivity index (χ0) is 20.8. The maximum absolute atomic E-state index is 5.55. The van der Waals surface area contributed by atoms with Crippen molar-refractivity contribution in [3.8, 4) is 11.3 Å². The number of piperidine rings is 1. The Labute approximate surface area is 180 Å². The molecule has 31 heavy (non-hydrogen) atoms. The Morgan fingerprint density at radius 1 is 1.06 bits per heavy atom. The second-order valence-corrected chi connectivity index (χ2v) is 8.47. The van der Waals surface area contributed by atoms with Crippen molar-refractivity contribution in [3.63, 3.8) is 0 Å². The van der Waals surface area contributed by atoms with E-state index in [1.54, 1.807) is 6.33 Å². The molecule has 0 spiro atoms. The number of nitrogens with zero attached hydrogens (tertiary/aromatic N) is 7. The van der Waals surface area contributed by atoms with Crippen molar-refractivity contribution in [2.75, 3.05) is 51.3 Å². The van der Waals surface area contributed by atoms with Crippen molar-refractivity contribution < 1.29 is 4.74 Å². The van der Waals surface area contributed by atoms with E-state index in [1.807, 2.05) is 6.20 Å². The Kier molecular flexibility index (Phi) is 4.57. The van der Waals surface area contributed by atoms with E-state index in [0.717, 1.165) is 78.3 Å². The summed E-state index contributed by atoms with van der Waals surface area (Å²) in [7, 11) is 2.18. The van der Waals surface area contributed by atoms with Crippen LogP contribution in [0.5, 0.6) is 0 Å². The van der Waals surface area contributed by atoms with Gasteiger partial charge in [0.1, 0.15) is 0 Å². The van der Waals surface area contributed by atoms with E-state index in [9.17, 15) is 0 Å². The first-order valence-electron chi connectivity index (χ1n) is 11.0. The van der Waals surface area contributed by atoms with Gasteiger partial charge in [-0.25, -0.2) is 14.6 Å². The van der Waals surface area contributed by atoms with Crippen molar-refractivity contribution >= 4 is 28.0 Å². The third-order valence-electron chi connectivity index (χ3n) is 6.46. The van der Waals surface area contributed by atoms with Gasteiger partial charge >= 0.3 is 0 Å². The molecule has 2 saturated heterocycles. The standard InChI is InChI=1S/C22H26N8O/c1-28-6-4-16(5-7-28)30-21-17(13-25-30)20(15-2-3-18-19(12-15)24-14-23-18)26-22(27-21)29-8-10-31-11-9-29/h2-3,12-14,16H,4-11H2,1H3,(H,23,24). The highest BCUT2D eigenvalue weighted by Gasteiger charge is 2.25. The Morgan fingerprint density at radius 3 is 2.74 bits per heavy atom. The number of morpholine rings is 1. The summed E-state index contributed by atoms with van der Waals surface area (Å²) >= 11 is 0. The number of nitrogens with one attached hydrogen (secondary N) is 1. The van der Waals surface area contributed by atoms with Gasteiger partial charge in [0.15, 0.2) is 5.65 Å². The lowest BCUT2D eigenvalue weighted by Gasteiger charge is -2.30. The monoisotopic (exact) mass is 418 g/mol. The largest absolute Gasteiger partial charge is 0.378 e. The highest BCUT2D eigenvalue weighted by Crippen LogP contribution is 2.32. The number of benzene rings is 1. The van der Waals surface area contributed by atoms with Crippen LogP contribution in [0.2, 0.25) is 0 Å². The average molecular weight is 419 g/mol. The summed E-state index contributed by atoms with van der Waals surface area (Å²) in [4.78, 5) is 22.2. The smallest absolute Gasteiger partial charge is 0.228 e. The third-order valence-corrected chi connectivity index (χ3v) is 6.46. The second kappa shape index (κ2) is 7.58. The molecular weight excluding hydrogens is 392 g/mol. The molecule has 1 aromatic carbocycles. The maximum Gasteiger partial charge on any atom is 0.228 e. The molecule has 6 rings (SSSR count). The molecule has 0 saturated carbocycles. The summed E-state index contributed by atoms with van der Waals surface area (Å²) in [5, 5.41) is 5.79. The van der Waals surface area contributed by atoms with E-state index in [-0.39, 0.29) is 0 Å². The number of anilines is 1. The first kappa shape index (κ1) is 18.7. The molecule has 2 aliphatic rings. The van der Waals surface area contributed by atoms with Crippen LogP contribution < -0.4 is 4.90 Å². The molecule has 0 aliphatic carbocycles. The van der Waals surface area contributed by atoms with Gasteiger partial charge in [-0.2, -0.15) is 10.1 Å². The predicted molar refractivity (Wildman–Crippen MR) is 119 cm³/mol. The lowest BCUT2D eigenvalue weighted by molar-refractivity contribution is 0.122.